The van der Waals surface area contributed by atoms with Gasteiger partial charge in [-0.3, -0.25) is 0 Å². The van der Waals surface area contributed by atoms with Crippen LogP contribution in [-0.4, -0.2) is 17.8 Å². The molecule has 0 aliphatic carbocycles. The Morgan fingerprint density at radius 2 is 2.06 bits per heavy atom. The Morgan fingerprint density at radius 3 is 2.61 bits per heavy atom. The number of hydrogen-bond donors (Lipinski definition) is 2. The van der Waals surface area contributed by atoms with Gasteiger partial charge in [0.2, 0.25) is 0 Å². The molecule has 0 spiro atoms. The van der Waals surface area contributed by atoms with Gasteiger partial charge < -0.3 is 10.4 Å². The van der Waals surface area contributed by atoms with Crippen LogP contribution >= 0.6 is 15.9 Å². The Morgan fingerprint density at radius 1 is 1.39 bits per heavy atom. The molecule has 0 aromatic heterocycles. The van der Waals surface area contributed by atoms with E-state index in [0.29, 0.717) is 17.3 Å². The molecule has 0 radical (unpaired) electrons. The van der Waals surface area contributed by atoms with Crippen molar-refractivity contribution >= 4 is 21.6 Å². The SMILES string of the molecule is CC(CCCO)Nc1cc(Br)ccc1C(F)(F)F. The van der Waals surface area contributed by atoms with Crippen molar-refractivity contribution in [2.24, 2.45) is 0 Å². The molecule has 0 fully saturated rings. The van der Waals surface area contributed by atoms with E-state index < -0.39 is 11.7 Å². The average Bonchev–Trinajstić information content (AvgIpc) is 2.24. The molecule has 0 aliphatic rings. The number of nitrogens with one attached hydrogen (secondary N) is 1. The first-order valence-corrected chi connectivity index (χ1v) is 6.38. The largest absolute Gasteiger partial charge is 0.418 e. The third-order valence-corrected chi connectivity index (χ3v) is 2.98. The number of alkyl halides is 3. The maximum absolute atomic E-state index is 12.8. The zero-order chi connectivity index (χ0) is 13.8. The van der Waals surface area contributed by atoms with E-state index in [1.54, 1.807) is 6.92 Å². The van der Waals surface area contributed by atoms with E-state index in [1.807, 2.05) is 0 Å². The van der Waals surface area contributed by atoms with Gasteiger partial charge in [0.1, 0.15) is 0 Å². The summed E-state index contributed by atoms with van der Waals surface area (Å²) in [6, 6.07) is 3.70. The fourth-order valence-corrected chi connectivity index (χ4v) is 1.98. The fourth-order valence-electron chi connectivity index (χ4n) is 1.62. The molecule has 2 N–H and O–H groups in total. The third-order valence-electron chi connectivity index (χ3n) is 2.48. The maximum Gasteiger partial charge on any atom is 0.418 e. The number of halogens is 4. The molecule has 0 bridgehead atoms. The van der Waals surface area contributed by atoms with E-state index in [2.05, 4.69) is 21.2 Å². The summed E-state index contributed by atoms with van der Waals surface area (Å²) in [5, 5.41) is 11.5. The highest BCUT2D eigenvalue weighted by atomic mass is 79.9. The lowest BCUT2D eigenvalue weighted by Crippen LogP contribution is -2.19. The number of aliphatic hydroxyl groups excluding tert-OH is 1. The van der Waals surface area contributed by atoms with E-state index in [0.717, 1.165) is 6.07 Å². The van der Waals surface area contributed by atoms with E-state index >= 15 is 0 Å². The van der Waals surface area contributed by atoms with Crippen LogP contribution in [0, 0.1) is 0 Å². The van der Waals surface area contributed by atoms with E-state index in [9.17, 15) is 13.2 Å². The van der Waals surface area contributed by atoms with Gasteiger partial charge in [-0.15, -0.1) is 0 Å². The minimum absolute atomic E-state index is 0.0383. The molecule has 102 valence electrons. The monoisotopic (exact) mass is 325 g/mol. The Labute approximate surface area is 112 Å². The van der Waals surface area contributed by atoms with Crippen LogP contribution in [-0.2, 0) is 6.18 Å². The Hall–Kier alpha value is -0.750. The second-order valence-electron chi connectivity index (χ2n) is 4.10. The van der Waals surface area contributed by atoms with E-state index in [4.69, 9.17) is 5.11 Å². The molecule has 6 heteroatoms. The normalized spacial score (nSPS) is 13.4. The van der Waals surface area contributed by atoms with Crippen LogP contribution in [0.15, 0.2) is 22.7 Å². The van der Waals surface area contributed by atoms with Crippen LogP contribution in [0.5, 0.6) is 0 Å². The van der Waals surface area contributed by atoms with Gasteiger partial charge in [-0.05, 0) is 38.0 Å². The summed E-state index contributed by atoms with van der Waals surface area (Å²) in [4.78, 5) is 0. The van der Waals surface area contributed by atoms with Gasteiger partial charge in [-0.2, -0.15) is 13.2 Å². The average molecular weight is 326 g/mol. The van der Waals surface area contributed by atoms with Crippen molar-refractivity contribution in [2.45, 2.75) is 32.0 Å². The van der Waals surface area contributed by atoms with Gasteiger partial charge in [0.05, 0.1) is 5.56 Å². The number of anilines is 1. The molecular formula is C12H15BrF3NO. The first kappa shape index (κ1) is 15.3. The molecule has 1 rings (SSSR count). The highest BCUT2D eigenvalue weighted by molar-refractivity contribution is 9.10. The molecule has 0 saturated carbocycles. The van der Waals surface area contributed by atoms with Crippen molar-refractivity contribution in [3.63, 3.8) is 0 Å². The van der Waals surface area contributed by atoms with Crippen molar-refractivity contribution in [1.82, 2.24) is 0 Å². The number of rotatable bonds is 5. The predicted molar refractivity (Wildman–Crippen MR) is 68.5 cm³/mol. The number of aliphatic hydroxyl groups is 1. The van der Waals surface area contributed by atoms with Gasteiger partial charge >= 0.3 is 6.18 Å². The molecule has 2 nitrogen and oxygen atoms in total. The van der Waals surface area contributed by atoms with Crippen molar-refractivity contribution in [3.05, 3.63) is 28.2 Å². The third kappa shape index (κ3) is 4.49. The van der Waals surface area contributed by atoms with Gasteiger partial charge in [0.25, 0.3) is 0 Å². The molecule has 1 atom stereocenters. The lowest BCUT2D eigenvalue weighted by molar-refractivity contribution is -0.137. The summed E-state index contributed by atoms with van der Waals surface area (Å²) >= 11 is 3.16. The van der Waals surface area contributed by atoms with Gasteiger partial charge in [-0.1, -0.05) is 15.9 Å². The highest BCUT2D eigenvalue weighted by Gasteiger charge is 2.33. The van der Waals surface area contributed by atoms with Crippen LogP contribution < -0.4 is 5.32 Å². The van der Waals surface area contributed by atoms with Crippen molar-refractivity contribution in [2.75, 3.05) is 11.9 Å². The maximum atomic E-state index is 12.8. The lowest BCUT2D eigenvalue weighted by Gasteiger charge is -2.19. The van der Waals surface area contributed by atoms with Crippen LogP contribution in [0.2, 0.25) is 0 Å². The van der Waals surface area contributed by atoms with Crippen molar-refractivity contribution < 1.29 is 18.3 Å². The quantitative estimate of drug-likeness (QED) is 0.856. The molecule has 1 unspecified atom stereocenters. The summed E-state index contributed by atoms with van der Waals surface area (Å²) in [6.45, 7) is 1.83. The minimum atomic E-state index is -4.38. The standard InChI is InChI=1S/C12H15BrF3NO/c1-8(3-2-6-18)17-11-7-9(13)4-5-10(11)12(14,15)16/h4-5,7-8,17-18H,2-3,6H2,1H3. The Kier molecular flexibility index (Phi) is 5.47. The van der Waals surface area contributed by atoms with Crippen LogP contribution in [0.25, 0.3) is 0 Å². The zero-order valence-electron chi connectivity index (χ0n) is 9.89. The summed E-state index contributed by atoms with van der Waals surface area (Å²) in [5.74, 6) is 0. The summed E-state index contributed by atoms with van der Waals surface area (Å²) in [6.07, 6.45) is -3.20. The summed E-state index contributed by atoms with van der Waals surface area (Å²) in [5.41, 5.74) is -0.621. The number of hydrogen-bond acceptors (Lipinski definition) is 2. The Balaban J connectivity index is 2.89. The molecule has 18 heavy (non-hydrogen) atoms. The fraction of sp³-hybridized carbons (Fsp3) is 0.500. The van der Waals surface area contributed by atoms with Gasteiger partial charge in [-0.25, -0.2) is 0 Å². The molecular weight excluding hydrogens is 311 g/mol. The van der Waals surface area contributed by atoms with Gasteiger partial charge in [0.15, 0.2) is 0 Å². The van der Waals surface area contributed by atoms with Crippen LogP contribution in [0.1, 0.15) is 25.3 Å². The summed E-state index contributed by atoms with van der Waals surface area (Å²) in [7, 11) is 0. The second-order valence-corrected chi connectivity index (χ2v) is 5.01. The smallest absolute Gasteiger partial charge is 0.396 e. The van der Waals surface area contributed by atoms with E-state index in [-0.39, 0.29) is 18.3 Å². The Bertz CT molecular complexity index is 395. The van der Waals surface area contributed by atoms with Crippen molar-refractivity contribution in [3.8, 4) is 0 Å². The molecule has 0 heterocycles. The number of benzene rings is 1. The molecule has 1 aromatic rings. The molecule has 0 amide bonds. The zero-order valence-corrected chi connectivity index (χ0v) is 11.5. The summed E-state index contributed by atoms with van der Waals surface area (Å²) < 4.78 is 39.0. The minimum Gasteiger partial charge on any atom is -0.396 e. The first-order valence-electron chi connectivity index (χ1n) is 5.58. The molecule has 1 aromatic carbocycles. The lowest BCUT2D eigenvalue weighted by atomic mass is 10.1. The van der Waals surface area contributed by atoms with Crippen LogP contribution in [0.3, 0.4) is 0 Å². The topological polar surface area (TPSA) is 32.3 Å². The molecule has 0 aliphatic heterocycles. The van der Waals surface area contributed by atoms with Crippen LogP contribution in [0.4, 0.5) is 18.9 Å². The highest BCUT2D eigenvalue weighted by Crippen LogP contribution is 2.36. The second kappa shape index (κ2) is 6.43. The molecule has 0 saturated heterocycles. The van der Waals surface area contributed by atoms with E-state index in [1.165, 1.54) is 12.1 Å². The predicted octanol–water partition coefficient (Wildman–Crippen LogP) is 4.04. The first-order chi connectivity index (χ1) is 8.34. The van der Waals surface area contributed by atoms with Crippen molar-refractivity contribution in [1.29, 1.82) is 0 Å². The van der Waals surface area contributed by atoms with Gasteiger partial charge in [0, 0.05) is 22.8 Å².